The van der Waals surface area contributed by atoms with Crippen LogP contribution in [0.3, 0.4) is 0 Å². The molecule has 2 saturated heterocycles. The molecule has 1 unspecified atom stereocenters. The molecule has 1 atom stereocenters. The molecule has 0 aliphatic carbocycles. The molecule has 31 heavy (non-hydrogen) atoms. The Morgan fingerprint density at radius 1 is 1.16 bits per heavy atom. The number of fused-ring (bicyclic) bond motifs is 1. The van der Waals surface area contributed by atoms with Crippen molar-refractivity contribution in [3.8, 4) is 0 Å². The molecule has 166 valence electrons. The van der Waals surface area contributed by atoms with Gasteiger partial charge < -0.3 is 24.1 Å². The Morgan fingerprint density at radius 3 is 2.61 bits per heavy atom. The zero-order chi connectivity index (χ0) is 21.6. The summed E-state index contributed by atoms with van der Waals surface area (Å²) in [5, 5.41) is 9.80. The van der Waals surface area contributed by atoms with Gasteiger partial charge in [0.25, 0.3) is 0 Å². The second-order valence-corrected chi connectivity index (χ2v) is 9.19. The maximum atomic E-state index is 12.3. The van der Waals surface area contributed by atoms with E-state index in [1.54, 1.807) is 4.90 Å². The monoisotopic (exact) mass is 428 g/mol. The van der Waals surface area contributed by atoms with E-state index in [1.807, 2.05) is 43.8 Å². The molecule has 0 aromatic carbocycles. The predicted molar refractivity (Wildman–Crippen MR) is 113 cm³/mol. The summed E-state index contributed by atoms with van der Waals surface area (Å²) >= 11 is 0. The molecular weight excluding hydrogens is 400 g/mol. The third kappa shape index (κ3) is 4.04. The SMILES string of the molecule is CC(C)(C)OC(=O)N1CCN(C2=NOC(c3ccc4cnn(C5COC5)c4n3)C2)CC1. The lowest BCUT2D eigenvalue weighted by atomic mass is 10.1. The number of pyridine rings is 1. The minimum atomic E-state index is -0.486. The zero-order valence-corrected chi connectivity index (χ0v) is 18.2. The number of amidine groups is 1. The molecule has 1 amide bonds. The van der Waals surface area contributed by atoms with Crippen molar-refractivity contribution in [1.29, 1.82) is 0 Å². The molecule has 0 N–H and O–H groups in total. The number of carbonyl (C=O) groups is 1. The molecule has 3 aliphatic heterocycles. The first kappa shape index (κ1) is 20.0. The Kier molecular flexibility index (Phi) is 4.96. The van der Waals surface area contributed by atoms with Gasteiger partial charge in [0.2, 0.25) is 0 Å². The minimum absolute atomic E-state index is 0.218. The summed E-state index contributed by atoms with van der Waals surface area (Å²) in [6, 6.07) is 4.26. The standard InChI is InChI=1S/C21H28N6O4/c1-21(2,3)30-20(28)26-8-6-25(7-9-26)18-10-17(31-24-18)16-5-4-14-11-22-27(19(14)23-16)15-12-29-13-15/h4-5,11,15,17H,6-10,12-13H2,1-3H3. The Labute approximate surface area is 180 Å². The van der Waals surface area contributed by atoms with Crippen LogP contribution in [0.15, 0.2) is 23.5 Å². The highest BCUT2D eigenvalue weighted by Gasteiger charge is 2.32. The van der Waals surface area contributed by atoms with Gasteiger partial charge in [0, 0.05) is 31.6 Å². The Bertz CT molecular complexity index is 1000. The molecule has 0 radical (unpaired) electrons. The number of nitrogens with zero attached hydrogens (tertiary/aromatic N) is 6. The van der Waals surface area contributed by atoms with Crippen LogP contribution < -0.4 is 0 Å². The summed E-state index contributed by atoms with van der Waals surface area (Å²) in [6.07, 6.45) is 2.02. The van der Waals surface area contributed by atoms with Crippen molar-refractivity contribution in [2.75, 3.05) is 39.4 Å². The lowest BCUT2D eigenvalue weighted by molar-refractivity contribution is -0.0269. The van der Waals surface area contributed by atoms with Crippen LogP contribution in [0.5, 0.6) is 0 Å². The lowest BCUT2D eigenvalue weighted by Crippen LogP contribution is -2.51. The number of carbonyl (C=O) groups excluding carboxylic acids is 1. The molecule has 2 aromatic rings. The number of aromatic nitrogens is 3. The largest absolute Gasteiger partial charge is 0.444 e. The van der Waals surface area contributed by atoms with E-state index in [9.17, 15) is 4.79 Å². The van der Waals surface area contributed by atoms with Gasteiger partial charge >= 0.3 is 6.09 Å². The van der Waals surface area contributed by atoms with Gasteiger partial charge in [0.15, 0.2) is 11.8 Å². The zero-order valence-electron chi connectivity index (χ0n) is 18.2. The van der Waals surface area contributed by atoms with Crippen LogP contribution in [0.25, 0.3) is 11.0 Å². The molecule has 3 aliphatic rings. The van der Waals surface area contributed by atoms with Crippen LogP contribution in [0.1, 0.15) is 45.0 Å². The molecule has 10 nitrogen and oxygen atoms in total. The lowest BCUT2D eigenvalue weighted by Gasteiger charge is -2.36. The summed E-state index contributed by atoms with van der Waals surface area (Å²) in [5.74, 6) is 0.900. The number of hydrogen-bond acceptors (Lipinski definition) is 8. The van der Waals surface area contributed by atoms with Crippen LogP contribution in [0.2, 0.25) is 0 Å². The van der Waals surface area contributed by atoms with Gasteiger partial charge in [-0.1, -0.05) is 5.16 Å². The average Bonchev–Trinajstić information content (AvgIpc) is 3.33. The third-order valence-electron chi connectivity index (χ3n) is 5.71. The first-order chi connectivity index (χ1) is 14.9. The predicted octanol–water partition coefficient (Wildman–Crippen LogP) is 2.33. The fourth-order valence-corrected chi connectivity index (χ4v) is 3.93. The topological polar surface area (TPSA) is 94.3 Å². The fraction of sp³-hybridized carbons (Fsp3) is 0.619. The number of amides is 1. The molecule has 0 bridgehead atoms. The van der Waals surface area contributed by atoms with E-state index in [4.69, 9.17) is 19.3 Å². The van der Waals surface area contributed by atoms with Crippen molar-refractivity contribution in [2.45, 2.75) is 44.9 Å². The van der Waals surface area contributed by atoms with Crippen LogP contribution in [-0.4, -0.2) is 81.5 Å². The summed E-state index contributed by atoms with van der Waals surface area (Å²) in [6.45, 7) is 9.59. The number of hydrogen-bond donors (Lipinski definition) is 0. The van der Waals surface area contributed by atoms with E-state index in [1.165, 1.54) is 0 Å². The summed E-state index contributed by atoms with van der Waals surface area (Å²) in [5.41, 5.74) is 1.22. The summed E-state index contributed by atoms with van der Waals surface area (Å²) in [7, 11) is 0. The van der Waals surface area contributed by atoms with Crippen LogP contribution in [0, 0.1) is 0 Å². The highest BCUT2D eigenvalue weighted by atomic mass is 16.6. The molecular formula is C21H28N6O4. The molecule has 2 aromatic heterocycles. The van der Waals surface area contributed by atoms with Gasteiger partial charge in [0.05, 0.1) is 31.5 Å². The molecule has 2 fully saturated rings. The summed E-state index contributed by atoms with van der Waals surface area (Å²) in [4.78, 5) is 26.8. The number of rotatable bonds is 2. The number of oxime groups is 1. The van der Waals surface area contributed by atoms with Crippen molar-refractivity contribution in [3.05, 3.63) is 24.0 Å². The van der Waals surface area contributed by atoms with Crippen molar-refractivity contribution in [1.82, 2.24) is 24.6 Å². The van der Waals surface area contributed by atoms with Gasteiger partial charge in [-0.25, -0.2) is 14.5 Å². The first-order valence-corrected chi connectivity index (χ1v) is 10.7. The quantitative estimate of drug-likeness (QED) is 0.725. The van der Waals surface area contributed by atoms with Gasteiger partial charge in [-0.15, -0.1) is 0 Å². The Balaban J connectivity index is 1.20. The molecule has 5 rings (SSSR count). The smallest absolute Gasteiger partial charge is 0.410 e. The molecule has 10 heteroatoms. The molecule has 5 heterocycles. The average molecular weight is 428 g/mol. The van der Waals surface area contributed by atoms with Gasteiger partial charge in [0.1, 0.15) is 17.5 Å². The van der Waals surface area contributed by atoms with E-state index in [2.05, 4.69) is 15.2 Å². The van der Waals surface area contributed by atoms with Crippen LogP contribution in [0.4, 0.5) is 4.79 Å². The van der Waals surface area contributed by atoms with Crippen molar-refractivity contribution in [2.24, 2.45) is 5.16 Å². The fourth-order valence-electron chi connectivity index (χ4n) is 3.93. The minimum Gasteiger partial charge on any atom is -0.444 e. The third-order valence-corrected chi connectivity index (χ3v) is 5.71. The van der Waals surface area contributed by atoms with E-state index in [-0.39, 0.29) is 18.2 Å². The second kappa shape index (κ2) is 7.67. The number of piperazine rings is 1. The Morgan fingerprint density at radius 2 is 1.94 bits per heavy atom. The highest BCUT2D eigenvalue weighted by Crippen LogP contribution is 2.30. The highest BCUT2D eigenvalue weighted by molar-refractivity contribution is 5.84. The van der Waals surface area contributed by atoms with E-state index in [0.29, 0.717) is 45.8 Å². The van der Waals surface area contributed by atoms with E-state index in [0.717, 1.165) is 22.6 Å². The maximum absolute atomic E-state index is 12.3. The molecule has 0 saturated carbocycles. The first-order valence-electron chi connectivity index (χ1n) is 10.7. The van der Waals surface area contributed by atoms with Crippen LogP contribution in [-0.2, 0) is 14.3 Å². The normalized spacial score (nSPS) is 22.3. The van der Waals surface area contributed by atoms with Crippen molar-refractivity contribution in [3.63, 3.8) is 0 Å². The second-order valence-electron chi connectivity index (χ2n) is 9.19. The van der Waals surface area contributed by atoms with Gasteiger partial charge in [-0.2, -0.15) is 5.10 Å². The summed E-state index contributed by atoms with van der Waals surface area (Å²) < 4.78 is 12.7. The van der Waals surface area contributed by atoms with Crippen LogP contribution >= 0.6 is 0 Å². The van der Waals surface area contributed by atoms with E-state index < -0.39 is 5.60 Å². The van der Waals surface area contributed by atoms with Crippen molar-refractivity contribution >= 4 is 23.0 Å². The van der Waals surface area contributed by atoms with Gasteiger partial charge in [-0.05, 0) is 32.9 Å². The van der Waals surface area contributed by atoms with Crippen molar-refractivity contribution < 1.29 is 19.1 Å². The van der Waals surface area contributed by atoms with E-state index >= 15 is 0 Å². The number of ether oxygens (including phenoxy) is 2. The maximum Gasteiger partial charge on any atom is 0.410 e. The Hall–Kier alpha value is -2.88. The van der Waals surface area contributed by atoms with Gasteiger partial charge in [-0.3, -0.25) is 0 Å². The molecule has 0 spiro atoms.